The molecule has 0 radical (unpaired) electrons. The molecular formula is C22H20F2N8O2. The van der Waals surface area contributed by atoms with E-state index < -0.39 is 17.7 Å². The van der Waals surface area contributed by atoms with Gasteiger partial charge >= 0.3 is 6.09 Å². The van der Waals surface area contributed by atoms with E-state index in [2.05, 4.69) is 20.1 Å². The highest BCUT2D eigenvalue weighted by molar-refractivity contribution is 5.94. The summed E-state index contributed by atoms with van der Waals surface area (Å²) in [4.78, 5) is 25.4. The van der Waals surface area contributed by atoms with Gasteiger partial charge in [-0.2, -0.15) is 19.7 Å². The molecule has 0 saturated heterocycles. The molecule has 0 atom stereocenters. The Kier molecular flexibility index (Phi) is 5.19. The van der Waals surface area contributed by atoms with Crippen molar-refractivity contribution in [2.75, 3.05) is 22.9 Å². The fourth-order valence-electron chi connectivity index (χ4n) is 3.80. The zero-order chi connectivity index (χ0) is 24.0. The van der Waals surface area contributed by atoms with Crippen molar-refractivity contribution >= 4 is 34.4 Å². The van der Waals surface area contributed by atoms with E-state index in [4.69, 9.17) is 11.5 Å². The van der Waals surface area contributed by atoms with Crippen LogP contribution < -0.4 is 16.4 Å². The van der Waals surface area contributed by atoms with Gasteiger partial charge in [-0.05, 0) is 30.4 Å². The largest absolute Gasteiger partial charge is 0.465 e. The third-order valence-corrected chi connectivity index (χ3v) is 5.63. The van der Waals surface area contributed by atoms with Crippen LogP contribution in [0.4, 0.5) is 30.9 Å². The van der Waals surface area contributed by atoms with Crippen molar-refractivity contribution in [2.24, 2.45) is 5.92 Å². The molecule has 174 valence electrons. The van der Waals surface area contributed by atoms with Gasteiger partial charge in [-0.15, -0.1) is 0 Å². The fourth-order valence-corrected chi connectivity index (χ4v) is 3.80. The number of nitrogens with two attached hydrogens (primary N) is 2. The smallest absolute Gasteiger partial charge is 0.412 e. The van der Waals surface area contributed by atoms with E-state index in [0.29, 0.717) is 16.8 Å². The Labute approximate surface area is 191 Å². The molecule has 0 unspecified atom stereocenters. The molecule has 1 aliphatic rings. The first-order valence-corrected chi connectivity index (χ1v) is 10.5. The monoisotopic (exact) mass is 466 g/mol. The van der Waals surface area contributed by atoms with E-state index in [9.17, 15) is 18.7 Å². The van der Waals surface area contributed by atoms with Gasteiger partial charge in [0.2, 0.25) is 0 Å². The zero-order valence-electron chi connectivity index (χ0n) is 17.8. The third kappa shape index (κ3) is 3.93. The number of rotatable bonds is 6. The van der Waals surface area contributed by atoms with E-state index in [1.807, 2.05) is 0 Å². The molecule has 1 aliphatic carbocycles. The molecule has 3 aromatic heterocycles. The van der Waals surface area contributed by atoms with Gasteiger partial charge in [0.1, 0.15) is 22.8 Å². The number of nitrogen functional groups attached to an aromatic ring is 2. The number of hydrogen-bond donors (Lipinski definition) is 3. The van der Waals surface area contributed by atoms with E-state index in [1.165, 1.54) is 16.8 Å². The highest BCUT2D eigenvalue weighted by Gasteiger charge is 2.31. The SMILES string of the molecule is Nc1nc(-n2nc(Cc3ccccc3F)c3ncc(F)cc32)nc(N)c1N(CC1CC1)C(=O)O. The van der Waals surface area contributed by atoms with Crippen LogP contribution in [0.2, 0.25) is 0 Å². The minimum atomic E-state index is -1.22. The lowest BCUT2D eigenvalue weighted by atomic mass is 10.1. The molecule has 10 nitrogen and oxygen atoms in total. The Hall–Kier alpha value is -4.35. The fraction of sp³-hybridized carbons (Fsp3) is 0.227. The second kappa shape index (κ2) is 8.21. The second-order valence-electron chi connectivity index (χ2n) is 8.13. The molecule has 5 rings (SSSR count). The lowest BCUT2D eigenvalue weighted by Crippen LogP contribution is -2.33. The quantitative estimate of drug-likeness (QED) is 0.392. The molecule has 34 heavy (non-hydrogen) atoms. The first-order valence-electron chi connectivity index (χ1n) is 10.5. The van der Waals surface area contributed by atoms with Crippen LogP contribution in [0.5, 0.6) is 0 Å². The van der Waals surface area contributed by atoms with Crippen molar-refractivity contribution in [1.29, 1.82) is 0 Å². The number of benzene rings is 1. The number of pyridine rings is 1. The number of fused-ring (bicyclic) bond motifs is 1. The predicted octanol–water partition coefficient (Wildman–Crippen LogP) is 3.14. The minimum Gasteiger partial charge on any atom is -0.465 e. The first-order chi connectivity index (χ1) is 16.3. The number of nitrogens with zero attached hydrogens (tertiary/aromatic N) is 6. The maximum absolute atomic E-state index is 14.2. The van der Waals surface area contributed by atoms with Crippen LogP contribution in [0, 0.1) is 17.6 Å². The number of anilines is 3. The van der Waals surface area contributed by atoms with Gasteiger partial charge in [-0.3, -0.25) is 4.90 Å². The van der Waals surface area contributed by atoms with Crippen molar-refractivity contribution < 1.29 is 18.7 Å². The number of aromatic nitrogens is 5. The highest BCUT2D eigenvalue weighted by atomic mass is 19.1. The van der Waals surface area contributed by atoms with E-state index in [1.54, 1.807) is 18.2 Å². The van der Waals surface area contributed by atoms with Crippen molar-refractivity contribution in [3.8, 4) is 5.95 Å². The van der Waals surface area contributed by atoms with Crippen molar-refractivity contribution in [3.63, 3.8) is 0 Å². The maximum atomic E-state index is 14.2. The van der Waals surface area contributed by atoms with Crippen molar-refractivity contribution in [2.45, 2.75) is 19.3 Å². The molecule has 1 saturated carbocycles. The number of carboxylic acid groups (broad SMARTS) is 1. The molecule has 12 heteroatoms. The van der Waals surface area contributed by atoms with Crippen LogP contribution in [0.1, 0.15) is 24.1 Å². The van der Waals surface area contributed by atoms with E-state index in [-0.39, 0.29) is 47.7 Å². The standard InChI is InChI=1S/C22H20F2N8O2/c23-13-8-16-17(27-9-13)15(7-12-3-1-2-4-14(12)24)30-32(16)21-28-19(25)18(20(26)29-21)31(22(33)34)10-11-5-6-11/h1-4,8-9,11H,5-7,10H2,(H,33,34)(H4,25,26,28,29). The molecule has 1 aromatic carbocycles. The summed E-state index contributed by atoms with van der Waals surface area (Å²) in [7, 11) is 0. The van der Waals surface area contributed by atoms with Gasteiger partial charge in [0.25, 0.3) is 5.95 Å². The summed E-state index contributed by atoms with van der Waals surface area (Å²) in [5.74, 6) is -1.20. The number of amides is 1. The molecule has 0 spiro atoms. The van der Waals surface area contributed by atoms with Gasteiger partial charge < -0.3 is 16.6 Å². The summed E-state index contributed by atoms with van der Waals surface area (Å²) < 4.78 is 29.5. The van der Waals surface area contributed by atoms with Crippen LogP contribution in [0.15, 0.2) is 36.5 Å². The van der Waals surface area contributed by atoms with Crippen molar-refractivity contribution in [1.82, 2.24) is 24.7 Å². The topological polar surface area (TPSA) is 149 Å². The molecule has 3 heterocycles. The lowest BCUT2D eigenvalue weighted by Gasteiger charge is -2.21. The number of hydrogen-bond acceptors (Lipinski definition) is 7. The second-order valence-corrected chi connectivity index (χ2v) is 8.13. The molecule has 1 amide bonds. The van der Waals surface area contributed by atoms with Crippen LogP contribution in [-0.2, 0) is 6.42 Å². The molecule has 0 aliphatic heterocycles. The summed E-state index contributed by atoms with van der Waals surface area (Å²) >= 11 is 0. The van der Waals surface area contributed by atoms with E-state index >= 15 is 0 Å². The summed E-state index contributed by atoms with van der Waals surface area (Å²) in [6.45, 7) is 0.235. The Balaban J connectivity index is 1.61. The van der Waals surface area contributed by atoms with Gasteiger partial charge in [0.05, 0.1) is 17.4 Å². The Morgan fingerprint density at radius 3 is 2.53 bits per heavy atom. The molecular weight excluding hydrogens is 446 g/mol. The highest BCUT2D eigenvalue weighted by Crippen LogP contribution is 2.35. The molecule has 4 aromatic rings. The van der Waals surface area contributed by atoms with Gasteiger partial charge in [-0.25, -0.2) is 18.6 Å². The van der Waals surface area contributed by atoms with Gasteiger partial charge in [-0.1, -0.05) is 18.2 Å². The molecule has 1 fully saturated rings. The Morgan fingerprint density at radius 2 is 1.88 bits per heavy atom. The lowest BCUT2D eigenvalue weighted by molar-refractivity contribution is 0.201. The zero-order valence-corrected chi connectivity index (χ0v) is 17.8. The predicted molar refractivity (Wildman–Crippen MR) is 121 cm³/mol. The van der Waals surface area contributed by atoms with Crippen LogP contribution >= 0.6 is 0 Å². The number of carbonyl (C=O) groups is 1. The van der Waals surface area contributed by atoms with Crippen molar-refractivity contribution in [3.05, 3.63) is 59.4 Å². The summed E-state index contributed by atoms with van der Waals surface area (Å²) in [6, 6.07) is 7.42. The molecule has 5 N–H and O–H groups in total. The Morgan fingerprint density at radius 1 is 1.18 bits per heavy atom. The average Bonchev–Trinajstić information content (AvgIpc) is 3.54. The van der Waals surface area contributed by atoms with Gasteiger partial charge in [0, 0.05) is 19.0 Å². The number of halogens is 2. The summed E-state index contributed by atoms with van der Waals surface area (Å²) in [6.07, 6.45) is 1.75. The summed E-state index contributed by atoms with van der Waals surface area (Å²) in [5.41, 5.74) is 13.5. The minimum absolute atomic E-state index is 0.00417. The van der Waals surface area contributed by atoms with Crippen LogP contribution in [-0.4, -0.2) is 42.5 Å². The van der Waals surface area contributed by atoms with Gasteiger partial charge in [0.15, 0.2) is 11.6 Å². The Bertz CT molecular complexity index is 1400. The maximum Gasteiger partial charge on any atom is 0.412 e. The van der Waals surface area contributed by atoms with Crippen LogP contribution in [0.3, 0.4) is 0 Å². The average molecular weight is 466 g/mol. The first kappa shape index (κ1) is 21.5. The third-order valence-electron chi connectivity index (χ3n) is 5.63. The molecule has 0 bridgehead atoms. The summed E-state index contributed by atoms with van der Waals surface area (Å²) in [5, 5.41) is 14.1. The normalized spacial score (nSPS) is 13.4. The van der Waals surface area contributed by atoms with E-state index in [0.717, 1.165) is 23.9 Å². The van der Waals surface area contributed by atoms with Crippen LogP contribution in [0.25, 0.3) is 17.0 Å².